The van der Waals surface area contributed by atoms with Crippen LogP contribution < -0.4 is 19.5 Å². The number of anilines is 2. The molecule has 2 aromatic carbocycles. The molecule has 3 rings (SSSR count). The van der Waals surface area contributed by atoms with Gasteiger partial charge in [-0.05, 0) is 6.07 Å². The molecule has 0 saturated carbocycles. The Morgan fingerprint density at radius 2 is 1.72 bits per heavy atom. The van der Waals surface area contributed by atoms with E-state index in [1.165, 1.54) is 40.6 Å². The van der Waals surface area contributed by atoms with Crippen LogP contribution in [0.3, 0.4) is 0 Å². The summed E-state index contributed by atoms with van der Waals surface area (Å²) in [5, 5.41) is 3.56. The first-order valence-corrected chi connectivity index (χ1v) is 10.2. The van der Waals surface area contributed by atoms with Crippen molar-refractivity contribution in [1.82, 2.24) is 9.97 Å². The molecule has 0 unspecified atom stereocenters. The molecular formula is C19H20FN3O5S. The van der Waals surface area contributed by atoms with Crippen molar-refractivity contribution < 1.29 is 27.0 Å². The van der Waals surface area contributed by atoms with Crippen LogP contribution in [-0.4, -0.2) is 45.5 Å². The molecule has 1 N–H and O–H groups in total. The lowest BCUT2D eigenvalue weighted by Gasteiger charge is -2.16. The van der Waals surface area contributed by atoms with Crippen LogP contribution in [0.1, 0.15) is 6.92 Å². The highest BCUT2D eigenvalue weighted by Gasteiger charge is 2.22. The number of aromatic nitrogens is 2. The molecule has 10 heteroatoms. The van der Waals surface area contributed by atoms with Crippen molar-refractivity contribution in [2.45, 2.75) is 11.8 Å². The third-order valence-corrected chi connectivity index (χ3v) is 6.10. The minimum atomic E-state index is -3.78. The molecule has 0 aliphatic carbocycles. The quantitative estimate of drug-likeness (QED) is 0.620. The number of hydrogen-bond acceptors (Lipinski definition) is 8. The molecule has 1 aromatic heterocycles. The molecule has 154 valence electrons. The van der Waals surface area contributed by atoms with Crippen LogP contribution in [-0.2, 0) is 9.84 Å². The molecule has 8 nitrogen and oxygen atoms in total. The lowest BCUT2D eigenvalue weighted by Crippen LogP contribution is -2.08. The number of sulfone groups is 1. The molecule has 0 radical (unpaired) electrons. The second-order valence-electron chi connectivity index (χ2n) is 5.96. The van der Waals surface area contributed by atoms with Crippen molar-refractivity contribution in [3.05, 3.63) is 36.4 Å². The van der Waals surface area contributed by atoms with Crippen LogP contribution >= 0.6 is 0 Å². The van der Waals surface area contributed by atoms with Gasteiger partial charge < -0.3 is 19.5 Å². The van der Waals surface area contributed by atoms with Gasteiger partial charge in [-0.1, -0.05) is 6.92 Å². The smallest absolute Gasteiger partial charge is 0.181 e. The van der Waals surface area contributed by atoms with Gasteiger partial charge in [0, 0.05) is 18.2 Å². The lowest BCUT2D eigenvalue weighted by molar-refractivity contribution is 0.398. The first-order valence-electron chi connectivity index (χ1n) is 8.58. The average Bonchev–Trinajstić information content (AvgIpc) is 2.73. The first-order chi connectivity index (χ1) is 13.8. The number of methoxy groups -OCH3 is 3. The molecule has 0 aliphatic heterocycles. The highest BCUT2D eigenvalue weighted by atomic mass is 32.2. The van der Waals surface area contributed by atoms with Crippen LogP contribution in [0.2, 0.25) is 0 Å². The molecule has 0 amide bonds. The maximum Gasteiger partial charge on any atom is 0.181 e. The van der Waals surface area contributed by atoms with E-state index in [0.29, 0.717) is 28.2 Å². The summed E-state index contributed by atoms with van der Waals surface area (Å²) in [6.45, 7) is 1.45. The lowest BCUT2D eigenvalue weighted by atomic mass is 10.2. The number of nitrogens with one attached hydrogen (secondary N) is 1. The normalized spacial score (nSPS) is 11.3. The van der Waals surface area contributed by atoms with Crippen molar-refractivity contribution >= 4 is 32.2 Å². The van der Waals surface area contributed by atoms with Gasteiger partial charge in [-0.2, -0.15) is 0 Å². The maximum absolute atomic E-state index is 14.3. The van der Waals surface area contributed by atoms with E-state index < -0.39 is 20.5 Å². The molecular weight excluding hydrogens is 401 g/mol. The van der Waals surface area contributed by atoms with Crippen LogP contribution in [0.15, 0.2) is 35.5 Å². The fourth-order valence-corrected chi connectivity index (χ4v) is 3.79. The average molecular weight is 421 g/mol. The zero-order valence-electron chi connectivity index (χ0n) is 16.3. The summed E-state index contributed by atoms with van der Waals surface area (Å²) < 4.78 is 54.7. The standard InChI is InChI=1S/C19H20FN3O5S/c1-5-29(24,25)17-9-13(15(27-3)8-12(17)20)23-19-18-14(21-10-22-19)6-11(26-2)7-16(18)28-4/h6-10H,5H2,1-4H3,(H,21,22,23). The predicted octanol–water partition coefficient (Wildman–Crippen LogP) is 3.33. The van der Waals surface area contributed by atoms with Gasteiger partial charge in [0.2, 0.25) is 0 Å². The van der Waals surface area contributed by atoms with Gasteiger partial charge in [0.25, 0.3) is 0 Å². The number of fused-ring (bicyclic) bond motifs is 1. The first kappa shape index (κ1) is 20.6. The molecule has 0 aliphatic rings. The minimum absolute atomic E-state index is 0.122. The van der Waals surface area contributed by atoms with Gasteiger partial charge in [-0.3, -0.25) is 0 Å². The zero-order valence-corrected chi connectivity index (χ0v) is 17.1. The number of benzene rings is 2. The van der Waals surface area contributed by atoms with Crippen molar-refractivity contribution in [2.24, 2.45) is 0 Å². The van der Waals surface area contributed by atoms with E-state index in [1.54, 1.807) is 12.1 Å². The summed E-state index contributed by atoms with van der Waals surface area (Å²) in [5.41, 5.74) is 0.778. The summed E-state index contributed by atoms with van der Waals surface area (Å²) in [6, 6.07) is 5.59. The molecule has 3 aromatic rings. The van der Waals surface area contributed by atoms with E-state index in [1.807, 2.05) is 0 Å². The Labute approximate surface area is 167 Å². The van der Waals surface area contributed by atoms with Crippen molar-refractivity contribution in [3.63, 3.8) is 0 Å². The monoisotopic (exact) mass is 421 g/mol. The molecule has 0 saturated heterocycles. The summed E-state index contributed by atoms with van der Waals surface area (Å²) in [7, 11) is 0.604. The van der Waals surface area contributed by atoms with Gasteiger partial charge >= 0.3 is 0 Å². The molecule has 0 bridgehead atoms. The molecule has 1 heterocycles. The predicted molar refractivity (Wildman–Crippen MR) is 107 cm³/mol. The van der Waals surface area contributed by atoms with Gasteiger partial charge in [-0.15, -0.1) is 0 Å². The van der Waals surface area contributed by atoms with Gasteiger partial charge in [0.05, 0.1) is 43.7 Å². The highest BCUT2D eigenvalue weighted by molar-refractivity contribution is 7.91. The van der Waals surface area contributed by atoms with Crippen LogP contribution in [0.5, 0.6) is 17.2 Å². The van der Waals surface area contributed by atoms with Gasteiger partial charge in [-0.25, -0.2) is 22.8 Å². The van der Waals surface area contributed by atoms with E-state index in [0.717, 1.165) is 6.07 Å². The number of rotatable bonds is 7. The maximum atomic E-state index is 14.3. The topological polar surface area (TPSA) is 99.6 Å². The van der Waals surface area contributed by atoms with E-state index in [4.69, 9.17) is 14.2 Å². The Bertz CT molecular complexity index is 1170. The second kappa shape index (κ2) is 8.08. The number of halogens is 1. The molecule has 0 spiro atoms. The number of hydrogen-bond donors (Lipinski definition) is 1. The SMILES string of the molecule is CCS(=O)(=O)c1cc(Nc2ncnc3cc(OC)cc(OC)c23)c(OC)cc1F. The third kappa shape index (κ3) is 3.88. The summed E-state index contributed by atoms with van der Waals surface area (Å²) in [6.07, 6.45) is 1.34. The zero-order chi connectivity index (χ0) is 21.2. The number of nitrogens with zero attached hydrogens (tertiary/aromatic N) is 2. The Kier molecular flexibility index (Phi) is 5.73. The van der Waals surface area contributed by atoms with Gasteiger partial charge in [0.1, 0.15) is 40.1 Å². The van der Waals surface area contributed by atoms with Gasteiger partial charge in [0.15, 0.2) is 9.84 Å². The van der Waals surface area contributed by atoms with Crippen molar-refractivity contribution in [1.29, 1.82) is 0 Å². The highest BCUT2D eigenvalue weighted by Crippen LogP contribution is 2.38. The molecule has 0 fully saturated rings. The fourth-order valence-electron chi connectivity index (χ4n) is 2.83. The van der Waals surface area contributed by atoms with Crippen LogP contribution in [0, 0.1) is 5.82 Å². The van der Waals surface area contributed by atoms with E-state index >= 15 is 0 Å². The summed E-state index contributed by atoms with van der Waals surface area (Å²) in [5.74, 6) is 0.333. The van der Waals surface area contributed by atoms with Crippen molar-refractivity contribution in [2.75, 3.05) is 32.4 Å². The molecule has 29 heavy (non-hydrogen) atoms. The Morgan fingerprint density at radius 1 is 1.00 bits per heavy atom. The van der Waals surface area contributed by atoms with E-state index in [9.17, 15) is 12.8 Å². The summed E-state index contributed by atoms with van der Waals surface area (Å²) in [4.78, 5) is 8.04. The largest absolute Gasteiger partial charge is 0.497 e. The van der Waals surface area contributed by atoms with Crippen molar-refractivity contribution in [3.8, 4) is 17.2 Å². The van der Waals surface area contributed by atoms with Crippen LogP contribution in [0.25, 0.3) is 10.9 Å². The Morgan fingerprint density at radius 3 is 2.34 bits per heavy atom. The third-order valence-electron chi connectivity index (χ3n) is 4.35. The van der Waals surface area contributed by atoms with E-state index in [-0.39, 0.29) is 17.2 Å². The van der Waals surface area contributed by atoms with Crippen LogP contribution in [0.4, 0.5) is 15.9 Å². The summed E-state index contributed by atoms with van der Waals surface area (Å²) >= 11 is 0. The Hall–Kier alpha value is -3.14. The minimum Gasteiger partial charge on any atom is -0.497 e. The Balaban J connectivity index is 2.20. The molecule has 0 atom stereocenters. The second-order valence-corrected chi connectivity index (χ2v) is 8.20. The number of ether oxygens (including phenoxy) is 3. The van der Waals surface area contributed by atoms with E-state index in [2.05, 4.69) is 15.3 Å². The fraction of sp³-hybridized carbons (Fsp3) is 0.263.